The van der Waals surface area contributed by atoms with Gasteiger partial charge in [0.1, 0.15) is 18.2 Å². The number of aryl methyl sites for hydroxylation is 1. The molecule has 0 bridgehead atoms. The van der Waals surface area contributed by atoms with E-state index in [1.165, 1.54) is 30.8 Å². The number of hydrogen-bond acceptors (Lipinski definition) is 5. The largest absolute Gasteiger partial charge is 0.339 e. The van der Waals surface area contributed by atoms with E-state index in [4.69, 9.17) is 5.10 Å². The van der Waals surface area contributed by atoms with Crippen LogP contribution in [-0.2, 0) is 19.8 Å². The number of amides is 3. The van der Waals surface area contributed by atoms with Crippen molar-refractivity contribution in [1.29, 1.82) is 0 Å². The van der Waals surface area contributed by atoms with E-state index in [0.717, 1.165) is 22.4 Å². The molecule has 8 nitrogen and oxygen atoms in total. The van der Waals surface area contributed by atoms with Crippen LogP contribution in [0.1, 0.15) is 55.3 Å². The third kappa shape index (κ3) is 5.88. The van der Waals surface area contributed by atoms with Gasteiger partial charge in [-0.15, -0.1) is 11.8 Å². The average molecular weight is 578 g/mol. The fourth-order valence-corrected chi connectivity index (χ4v) is 6.63. The second-order valence-electron chi connectivity index (χ2n) is 11.7. The second-order valence-corrected chi connectivity index (χ2v) is 12.8. The highest BCUT2D eigenvalue weighted by Gasteiger charge is 2.40. The number of halogens is 1. The average Bonchev–Trinajstić information content (AvgIpc) is 3.26. The first kappa shape index (κ1) is 28.9. The molecule has 41 heavy (non-hydrogen) atoms. The van der Waals surface area contributed by atoms with Crippen molar-refractivity contribution in [3.05, 3.63) is 76.7 Å². The third-order valence-corrected chi connectivity index (χ3v) is 8.84. The van der Waals surface area contributed by atoms with Gasteiger partial charge in [0.25, 0.3) is 0 Å². The lowest BCUT2D eigenvalue weighted by Gasteiger charge is -2.35. The minimum Gasteiger partial charge on any atom is -0.339 e. The van der Waals surface area contributed by atoms with Crippen LogP contribution >= 0.6 is 11.8 Å². The van der Waals surface area contributed by atoms with Crippen LogP contribution in [0.25, 0.3) is 5.69 Å². The molecule has 216 valence electrons. The van der Waals surface area contributed by atoms with E-state index < -0.39 is 0 Å². The van der Waals surface area contributed by atoms with Crippen LogP contribution in [0.4, 0.5) is 10.2 Å². The maximum absolute atomic E-state index is 13.9. The molecule has 0 saturated carbocycles. The molecule has 0 aliphatic carbocycles. The molecule has 0 radical (unpaired) electrons. The van der Waals surface area contributed by atoms with Gasteiger partial charge in [-0.2, -0.15) is 5.10 Å². The molecule has 10 heteroatoms. The molecule has 2 aliphatic rings. The predicted octanol–water partition coefficient (Wildman–Crippen LogP) is 4.48. The maximum Gasteiger partial charge on any atom is 0.242 e. The van der Waals surface area contributed by atoms with Crippen molar-refractivity contribution in [3.63, 3.8) is 0 Å². The molecule has 1 atom stereocenters. The Labute approximate surface area is 244 Å². The molecule has 0 N–H and O–H groups in total. The van der Waals surface area contributed by atoms with Gasteiger partial charge in [-0.05, 0) is 36.8 Å². The highest BCUT2D eigenvalue weighted by atomic mass is 32.2. The quantitative estimate of drug-likeness (QED) is 0.457. The molecule has 1 aromatic heterocycles. The van der Waals surface area contributed by atoms with E-state index in [2.05, 4.69) is 32.9 Å². The first-order chi connectivity index (χ1) is 19.4. The van der Waals surface area contributed by atoms with Gasteiger partial charge in [0, 0.05) is 44.1 Å². The summed E-state index contributed by atoms with van der Waals surface area (Å²) in [7, 11) is 0. The summed E-state index contributed by atoms with van der Waals surface area (Å²) in [5.74, 6) is -0.0306. The maximum atomic E-state index is 13.9. The van der Waals surface area contributed by atoms with Crippen LogP contribution in [0.2, 0.25) is 0 Å². The van der Waals surface area contributed by atoms with Gasteiger partial charge in [0.2, 0.25) is 17.7 Å². The van der Waals surface area contributed by atoms with Crippen LogP contribution in [0.3, 0.4) is 0 Å². The summed E-state index contributed by atoms with van der Waals surface area (Å²) in [5.41, 5.74) is 4.09. The number of carbonyl (C=O) groups is 3. The third-order valence-electron chi connectivity index (χ3n) is 7.59. The van der Waals surface area contributed by atoms with Gasteiger partial charge < -0.3 is 9.80 Å². The SMILES string of the molecule is CC(=O)N1CCN(C(=O)CN2C(=O)CSC(c3cccc(C)c3)c3c(C(C)(C)C)nn(-c4ccc(F)cc4)c32)CC1. The molecule has 3 heterocycles. The Morgan fingerprint density at radius 2 is 1.68 bits per heavy atom. The highest BCUT2D eigenvalue weighted by molar-refractivity contribution is 8.00. The lowest BCUT2D eigenvalue weighted by molar-refractivity contribution is -0.137. The number of anilines is 1. The van der Waals surface area contributed by atoms with Crippen molar-refractivity contribution in [2.75, 3.05) is 43.4 Å². The zero-order valence-electron chi connectivity index (χ0n) is 24.2. The van der Waals surface area contributed by atoms with Gasteiger partial charge in [-0.25, -0.2) is 9.07 Å². The lowest BCUT2D eigenvalue weighted by atomic mass is 9.87. The topological polar surface area (TPSA) is 78.8 Å². The summed E-state index contributed by atoms with van der Waals surface area (Å²) >= 11 is 1.53. The lowest BCUT2D eigenvalue weighted by Crippen LogP contribution is -2.53. The molecular formula is C31H36FN5O3S. The first-order valence-corrected chi connectivity index (χ1v) is 14.9. The van der Waals surface area contributed by atoms with Crippen LogP contribution in [-0.4, -0.2) is 75.8 Å². The van der Waals surface area contributed by atoms with Crippen LogP contribution in [0.15, 0.2) is 48.5 Å². The molecule has 1 saturated heterocycles. The molecule has 5 rings (SSSR count). The van der Waals surface area contributed by atoms with E-state index in [1.54, 1.807) is 31.5 Å². The van der Waals surface area contributed by atoms with Crippen molar-refractivity contribution in [3.8, 4) is 5.69 Å². The number of nitrogens with zero attached hydrogens (tertiary/aromatic N) is 5. The van der Waals surface area contributed by atoms with Gasteiger partial charge in [0.05, 0.1) is 22.4 Å². The molecule has 2 aromatic carbocycles. The summed E-state index contributed by atoms with van der Waals surface area (Å²) in [4.78, 5) is 44.3. The number of piperazine rings is 1. The summed E-state index contributed by atoms with van der Waals surface area (Å²) in [6, 6.07) is 14.3. The monoisotopic (exact) mass is 577 g/mol. The van der Waals surface area contributed by atoms with Crippen LogP contribution in [0.5, 0.6) is 0 Å². The van der Waals surface area contributed by atoms with Crippen molar-refractivity contribution >= 4 is 35.3 Å². The predicted molar refractivity (Wildman–Crippen MR) is 159 cm³/mol. The standard InChI is InChI=1S/C31H36FN5O3S/c1-20-7-6-8-22(17-20)28-27-29(31(3,4)5)33-37(24-11-9-23(32)10-12-24)30(27)36(26(40)19-41-28)18-25(39)35-15-13-34(14-16-35)21(2)38/h6-12,17,28H,13-16,18-19H2,1-5H3. The Balaban J connectivity index is 1.65. The van der Waals surface area contributed by atoms with Crippen molar-refractivity contribution in [2.24, 2.45) is 0 Å². The van der Waals surface area contributed by atoms with E-state index in [-0.39, 0.29) is 46.5 Å². The van der Waals surface area contributed by atoms with Crippen molar-refractivity contribution in [1.82, 2.24) is 19.6 Å². The number of carbonyl (C=O) groups excluding carboxylic acids is 3. The molecule has 1 unspecified atom stereocenters. The van der Waals surface area contributed by atoms with Crippen LogP contribution < -0.4 is 4.90 Å². The zero-order chi connectivity index (χ0) is 29.5. The number of fused-ring (bicyclic) bond motifs is 1. The Morgan fingerprint density at radius 1 is 1.02 bits per heavy atom. The van der Waals surface area contributed by atoms with Crippen molar-refractivity contribution in [2.45, 2.75) is 45.3 Å². The molecule has 1 fully saturated rings. The van der Waals surface area contributed by atoms with Crippen molar-refractivity contribution < 1.29 is 18.8 Å². The molecule has 3 amide bonds. The molecule has 2 aliphatic heterocycles. The summed E-state index contributed by atoms with van der Waals surface area (Å²) in [5, 5.41) is 4.86. The minimum absolute atomic E-state index is 0.0124. The van der Waals surface area contributed by atoms with Gasteiger partial charge in [-0.1, -0.05) is 50.6 Å². The molecule has 0 spiro atoms. The van der Waals surface area contributed by atoms with E-state index in [0.29, 0.717) is 37.7 Å². The zero-order valence-corrected chi connectivity index (χ0v) is 25.0. The summed E-state index contributed by atoms with van der Waals surface area (Å²) < 4.78 is 15.6. The number of benzene rings is 2. The number of rotatable bonds is 4. The first-order valence-electron chi connectivity index (χ1n) is 13.8. The molecular weight excluding hydrogens is 541 g/mol. The number of aromatic nitrogens is 2. The normalized spacial score (nSPS) is 17.9. The van der Waals surface area contributed by atoms with E-state index in [1.807, 2.05) is 19.1 Å². The smallest absolute Gasteiger partial charge is 0.242 e. The van der Waals surface area contributed by atoms with Gasteiger partial charge in [-0.3, -0.25) is 19.3 Å². The Kier molecular flexibility index (Phi) is 7.96. The summed E-state index contributed by atoms with van der Waals surface area (Å²) in [6.45, 7) is 11.4. The van der Waals surface area contributed by atoms with Gasteiger partial charge >= 0.3 is 0 Å². The second kappa shape index (κ2) is 11.3. The van der Waals surface area contributed by atoms with Gasteiger partial charge in [0.15, 0.2) is 0 Å². The van der Waals surface area contributed by atoms with E-state index >= 15 is 0 Å². The number of hydrogen-bond donors (Lipinski definition) is 0. The summed E-state index contributed by atoms with van der Waals surface area (Å²) in [6.07, 6.45) is 0. The Bertz CT molecular complexity index is 1470. The fourth-order valence-electron chi connectivity index (χ4n) is 5.44. The Hall–Kier alpha value is -3.66. The Morgan fingerprint density at radius 3 is 2.29 bits per heavy atom. The van der Waals surface area contributed by atoms with E-state index in [9.17, 15) is 18.8 Å². The van der Waals surface area contributed by atoms with Crippen LogP contribution in [0, 0.1) is 12.7 Å². The molecule has 3 aromatic rings. The minimum atomic E-state index is -0.385. The number of thioether (sulfide) groups is 1. The fraction of sp³-hybridized carbons (Fsp3) is 0.419. The highest BCUT2D eigenvalue weighted by Crippen LogP contribution is 2.48.